The Morgan fingerprint density at radius 2 is 1.09 bits per heavy atom. The Bertz CT molecular complexity index is 2350. The molecule has 1 aromatic carbocycles. The third kappa shape index (κ3) is 20.6. The molecule has 24 atom stereocenters. The maximum atomic E-state index is 13.9. The van der Waals surface area contributed by atoms with E-state index in [0.717, 1.165) is 53.4 Å². The zero-order valence-electron chi connectivity index (χ0n) is 50.0. The number of aliphatic hydroxyl groups excluding tert-OH is 12. The van der Waals surface area contributed by atoms with E-state index >= 15 is 0 Å². The Labute approximate surface area is 508 Å². The summed E-state index contributed by atoms with van der Waals surface area (Å²) in [4.78, 5) is 63.5. The minimum absolute atomic E-state index is 0.0651. The summed E-state index contributed by atoms with van der Waals surface area (Å²) in [5.41, 5.74) is 0.0651. The van der Waals surface area contributed by atoms with Gasteiger partial charge in [-0.1, -0.05) is 44.4 Å². The second kappa shape index (κ2) is 36.3. The van der Waals surface area contributed by atoms with Crippen LogP contribution in [0.5, 0.6) is 5.75 Å². The number of amides is 5. The molecular formula is C56H91N5O27. The van der Waals surface area contributed by atoms with Gasteiger partial charge in [-0.25, -0.2) is 0 Å². The van der Waals surface area contributed by atoms with Gasteiger partial charge >= 0.3 is 0 Å². The number of carbonyl (C=O) groups is 5. The second-order valence-electron chi connectivity index (χ2n) is 21.9. The van der Waals surface area contributed by atoms with Crippen molar-refractivity contribution in [3.63, 3.8) is 0 Å². The molecule has 32 heteroatoms. The summed E-state index contributed by atoms with van der Waals surface area (Å²) in [6.45, 7) is 3.28. The predicted molar refractivity (Wildman–Crippen MR) is 299 cm³/mol. The van der Waals surface area contributed by atoms with Crippen LogP contribution in [-0.2, 0) is 61.8 Å². The van der Waals surface area contributed by atoms with Gasteiger partial charge in [0, 0.05) is 33.3 Å². The molecule has 4 aliphatic heterocycles. The molecule has 88 heavy (non-hydrogen) atoms. The highest BCUT2D eigenvalue weighted by molar-refractivity contribution is 5.94. The highest BCUT2D eigenvalue weighted by Gasteiger charge is 2.55. The Balaban J connectivity index is 1.33. The molecule has 4 saturated heterocycles. The fourth-order valence-corrected chi connectivity index (χ4v) is 10.4. The van der Waals surface area contributed by atoms with E-state index in [-0.39, 0.29) is 5.56 Å². The Morgan fingerprint density at radius 3 is 1.66 bits per heavy atom. The van der Waals surface area contributed by atoms with Crippen LogP contribution in [-0.4, -0.2) is 278 Å². The lowest BCUT2D eigenvalue weighted by molar-refractivity contribution is -0.353. The molecule has 17 N–H and O–H groups in total. The standard InChI is InChI=1S/C56H91N5O27/c1-7-8-9-10-11-12-13-14-15-19-79-32-18-16-17-31(20-32)50(76)61-39-43(72)42(71)34(22-63)83-54(39)87-48-36(24-65)84-53(40(45(48)74)58-28(4)68)80-26(2)33(21-62)82-56(51(77)60-30(6)70)88-49-37(25-66)85-55(41(46(49)75)59-29(5)69)86-47-35(23-64)81-52(78)38(44(47)73)57-27(3)67/h12-13,16-18,20,26,33-49,51-56,62-66,71-75,77-78H,7-11,14-15,19,21-25H2,1-6H3,(H,57,67)(H,58,68)(H,59,69)(H,60,70)(H,61,76)/b13-12-/t26?,33?,34?,35?,36-,37-,38-,39-,40?,41?,42+,43+,44+,45?,46?,47?,48+,49+,51-,52?,53+,54?,55?,56-/m0/s1. The first-order valence-electron chi connectivity index (χ1n) is 29.4. The first-order chi connectivity index (χ1) is 41.9. The van der Waals surface area contributed by atoms with E-state index < -0.39 is 210 Å². The van der Waals surface area contributed by atoms with Crippen LogP contribution < -0.4 is 31.3 Å². The first-order valence-corrected chi connectivity index (χ1v) is 29.4. The maximum Gasteiger partial charge on any atom is 0.251 e. The van der Waals surface area contributed by atoms with E-state index in [1.165, 1.54) is 31.9 Å². The van der Waals surface area contributed by atoms with Crippen LogP contribution in [0, 0.1) is 0 Å². The molecule has 502 valence electrons. The number of hydrogen-bond acceptors (Lipinski definition) is 27. The van der Waals surface area contributed by atoms with Gasteiger partial charge in [0.25, 0.3) is 5.91 Å². The van der Waals surface area contributed by atoms with Crippen LogP contribution in [0.15, 0.2) is 36.4 Å². The molecule has 32 nitrogen and oxygen atoms in total. The molecule has 4 fully saturated rings. The molecule has 4 aliphatic rings. The lowest BCUT2D eigenvalue weighted by Crippen LogP contribution is -2.70. The topological polar surface area (TPSA) is 481 Å². The quantitative estimate of drug-likeness (QED) is 0.0177. The van der Waals surface area contributed by atoms with Gasteiger partial charge in [-0.15, -0.1) is 0 Å². The number of benzene rings is 1. The van der Waals surface area contributed by atoms with Gasteiger partial charge in [0.2, 0.25) is 29.9 Å². The van der Waals surface area contributed by atoms with Crippen LogP contribution in [0.1, 0.15) is 96.8 Å². The van der Waals surface area contributed by atoms with Gasteiger partial charge in [-0.2, -0.15) is 0 Å². The minimum Gasteiger partial charge on any atom is -0.494 e. The van der Waals surface area contributed by atoms with E-state index in [1.807, 2.05) is 0 Å². The zero-order chi connectivity index (χ0) is 64.9. The number of allylic oxidation sites excluding steroid dienone is 2. The van der Waals surface area contributed by atoms with Gasteiger partial charge in [-0.3, -0.25) is 24.0 Å². The van der Waals surface area contributed by atoms with Gasteiger partial charge < -0.3 is 135 Å². The van der Waals surface area contributed by atoms with Crippen LogP contribution in [0.2, 0.25) is 0 Å². The highest BCUT2D eigenvalue weighted by atomic mass is 16.8. The molecule has 0 aromatic heterocycles. The summed E-state index contributed by atoms with van der Waals surface area (Å²) < 4.78 is 59.4. The van der Waals surface area contributed by atoms with Crippen LogP contribution in [0.4, 0.5) is 0 Å². The first kappa shape index (κ1) is 74.0. The average Bonchev–Trinajstić information content (AvgIpc) is 1.12. The van der Waals surface area contributed by atoms with Crippen molar-refractivity contribution in [2.75, 3.05) is 39.6 Å². The normalized spacial score (nSPS) is 34.0. The van der Waals surface area contributed by atoms with Crippen molar-refractivity contribution in [1.82, 2.24) is 26.6 Å². The summed E-state index contributed by atoms with van der Waals surface area (Å²) in [7, 11) is 0. The lowest BCUT2D eigenvalue weighted by atomic mass is 9.94. The summed E-state index contributed by atoms with van der Waals surface area (Å²) >= 11 is 0. The smallest absolute Gasteiger partial charge is 0.251 e. The van der Waals surface area contributed by atoms with Crippen LogP contribution in [0.25, 0.3) is 0 Å². The monoisotopic (exact) mass is 1270 g/mol. The van der Waals surface area contributed by atoms with E-state index in [9.17, 15) is 85.3 Å². The largest absolute Gasteiger partial charge is 0.494 e. The molecule has 0 aliphatic carbocycles. The van der Waals surface area contributed by atoms with Crippen molar-refractivity contribution in [2.24, 2.45) is 0 Å². The van der Waals surface area contributed by atoms with E-state index in [4.69, 9.17) is 47.4 Å². The van der Waals surface area contributed by atoms with Crippen LogP contribution >= 0.6 is 0 Å². The fourth-order valence-electron chi connectivity index (χ4n) is 10.4. The fraction of sp³-hybridized carbons (Fsp3) is 0.768. The molecule has 5 rings (SSSR count). The van der Waals surface area contributed by atoms with Gasteiger partial charge in [0.05, 0.1) is 45.7 Å². The van der Waals surface area contributed by atoms with Gasteiger partial charge in [0.1, 0.15) is 109 Å². The van der Waals surface area contributed by atoms with E-state index in [1.54, 1.807) is 12.1 Å². The molecular weight excluding hydrogens is 1170 g/mol. The molecule has 0 saturated carbocycles. The third-order valence-electron chi connectivity index (χ3n) is 15.0. The molecule has 0 bridgehead atoms. The number of rotatable bonds is 33. The van der Waals surface area contributed by atoms with E-state index in [2.05, 4.69) is 45.7 Å². The number of aliphatic hydroxyl groups is 12. The van der Waals surface area contributed by atoms with Gasteiger partial charge in [0.15, 0.2) is 31.4 Å². The van der Waals surface area contributed by atoms with Crippen molar-refractivity contribution in [3.8, 4) is 5.75 Å². The maximum absolute atomic E-state index is 13.9. The van der Waals surface area contributed by atoms with Crippen molar-refractivity contribution in [2.45, 2.75) is 234 Å². The van der Waals surface area contributed by atoms with Crippen molar-refractivity contribution in [3.05, 3.63) is 42.0 Å². The average molecular weight is 1270 g/mol. The lowest BCUT2D eigenvalue weighted by Gasteiger charge is -2.49. The van der Waals surface area contributed by atoms with Crippen LogP contribution in [0.3, 0.4) is 0 Å². The van der Waals surface area contributed by atoms with Crippen molar-refractivity contribution < 1.29 is 133 Å². The van der Waals surface area contributed by atoms with Crippen molar-refractivity contribution in [1.29, 1.82) is 0 Å². The van der Waals surface area contributed by atoms with Crippen molar-refractivity contribution >= 4 is 29.5 Å². The number of nitrogens with one attached hydrogen (secondary N) is 5. The van der Waals surface area contributed by atoms with E-state index in [0.29, 0.717) is 18.8 Å². The molecule has 12 unspecified atom stereocenters. The predicted octanol–water partition coefficient (Wildman–Crippen LogP) is -5.63. The summed E-state index contributed by atoms with van der Waals surface area (Å²) in [5, 5.41) is 144. The molecule has 5 amide bonds. The Hall–Kier alpha value is -4.73. The Kier molecular flexibility index (Phi) is 30.6. The molecule has 4 heterocycles. The highest BCUT2D eigenvalue weighted by Crippen LogP contribution is 2.34. The summed E-state index contributed by atoms with van der Waals surface area (Å²) in [5.74, 6) is -3.56. The summed E-state index contributed by atoms with van der Waals surface area (Å²) in [6.07, 6.45) is -24.3. The van der Waals surface area contributed by atoms with Gasteiger partial charge in [-0.05, 0) is 50.8 Å². The number of hydrogen-bond donors (Lipinski definition) is 17. The minimum atomic E-state index is -2.18. The molecule has 0 spiro atoms. The third-order valence-corrected chi connectivity index (χ3v) is 15.0. The SMILES string of the molecule is CCCCCC/C=C\CCCOc1cccc(C(=O)N[C@@H]2C(O[C@H]3C(O)C(NC(C)=O)[C@H](OC(C)C(CO)O[C@@H](O[C@H]4C(O)C(NC(C)=O)C(OC5C(CO)OC(O)[C@@H](NC(C)=O)[C@H]5O)O[C@H]4CO)[C@H](O)NC(C)=O)O[C@H]3CO)OC(CO)[C@@H](O)[C@@H]2O)c1. The summed E-state index contributed by atoms with van der Waals surface area (Å²) in [6, 6.07) is -0.360. The molecule has 1 aromatic rings. The second-order valence-corrected chi connectivity index (χ2v) is 21.9. The number of ether oxygens (including phenoxy) is 10. The Morgan fingerprint density at radius 1 is 0.580 bits per heavy atom. The number of unbranched alkanes of at least 4 members (excludes halogenated alkanes) is 5. The number of carbonyl (C=O) groups excluding carboxylic acids is 5. The zero-order valence-corrected chi connectivity index (χ0v) is 50.0. The molecule has 0 radical (unpaired) electrons.